The number of sulfone groups is 1. The zero-order valence-electron chi connectivity index (χ0n) is 9.60. The Morgan fingerprint density at radius 2 is 2.28 bits per heavy atom. The molecule has 0 radical (unpaired) electrons. The lowest BCUT2D eigenvalue weighted by Crippen LogP contribution is -2.17. The summed E-state index contributed by atoms with van der Waals surface area (Å²) >= 11 is 0. The van der Waals surface area contributed by atoms with Crippen molar-refractivity contribution in [3.8, 4) is 0 Å². The second-order valence-electron chi connectivity index (χ2n) is 4.39. The first-order valence-corrected chi connectivity index (χ1v) is 7.38. The molecule has 1 atom stereocenters. The Kier molecular flexibility index (Phi) is 3.60. The van der Waals surface area contributed by atoms with Gasteiger partial charge in [0.2, 0.25) is 11.9 Å². The highest BCUT2D eigenvalue weighted by atomic mass is 32.2. The van der Waals surface area contributed by atoms with Gasteiger partial charge in [0.05, 0.1) is 23.4 Å². The number of carbonyl (C=O) groups is 1. The van der Waals surface area contributed by atoms with E-state index >= 15 is 0 Å². The molecule has 18 heavy (non-hydrogen) atoms. The van der Waals surface area contributed by atoms with E-state index in [1.807, 2.05) is 0 Å². The summed E-state index contributed by atoms with van der Waals surface area (Å²) in [6.45, 7) is 0. The van der Waals surface area contributed by atoms with E-state index in [4.69, 9.17) is 0 Å². The lowest BCUT2D eigenvalue weighted by molar-refractivity contribution is -0.116. The van der Waals surface area contributed by atoms with E-state index in [0.29, 0.717) is 12.1 Å². The molecule has 98 valence electrons. The van der Waals surface area contributed by atoms with Crippen LogP contribution in [-0.4, -0.2) is 30.8 Å². The Morgan fingerprint density at radius 1 is 1.50 bits per heavy atom. The van der Waals surface area contributed by atoms with Crippen LogP contribution >= 0.6 is 0 Å². The van der Waals surface area contributed by atoms with Gasteiger partial charge in [-0.1, -0.05) is 0 Å². The van der Waals surface area contributed by atoms with Crippen molar-refractivity contribution in [1.29, 1.82) is 0 Å². The van der Waals surface area contributed by atoms with Crippen molar-refractivity contribution in [2.75, 3.05) is 16.8 Å². The van der Waals surface area contributed by atoms with Crippen molar-refractivity contribution in [3.05, 3.63) is 24.3 Å². The molecule has 0 aliphatic carbocycles. The van der Waals surface area contributed by atoms with Crippen molar-refractivity contribution in [2.45, 2.75) is 12.8 Å². The fourth-order valence-corrected chi connectivity index (χ4v) is 3.82. The van der Waals surface area contributed by atoms with E-state index in [2.05, 4.69) is 10.3 Å². The van der Waals surface area contributed by atoms with Crippen LogP contribution in [0, 0.1) is 11.9 Å². The molecule has 1 N–H and O–H groups in total. The largest absolute Gasteiger partial charge is 0.325 e. The highest BCUT2D eigenvalue weighted by molar-refractivity contribution is 7.91. The monoisotopic (exact) mass is 272 g/mol. The molecule has 0 spiro atoms. The molecule has 1 aliphatic rings. The number of pyridine rings is 1. The molecule has 1 aromatic heterocycles. The van der Waals surface area contributed by atoms with Gasteiger partial charge in [0.25, 0.3) is 0 Å². The first-order chi connectivity index (χ1) is 8.44. The van der Waals surface area contributed by atoms with Crippen LogP contribution in [-0.2, 0) is 14.6 Å². The predicted octanol–water partition coefficient (Wildman–Crippen LogP) is 0.984. The van der Waals surface area contributed by atoms with E-state index in [1.165, 1.54) is 12.3 Å². The molecule has 0 saturated carbocycles. The third-order valence-electron chi connectivity index (χ3n) is 2.81. The topological polar surface area (TPSA) is 76.1 Å². The number of amides is 1. The zero-order chi connectivity index (χ0) is 13.2. The van der Waals surface area contributed by atoms with Crippen LogP contribution in [0.2, 0.25) is 0 Å². The SMILES string of the molecule is O=C(CC1CCS(=O)(=O)C1)Nc1ccc(F)nc1. The first kappa shape index (κ1) is 12.9. The molecule has 0 bridgehead atoms. The fourth-order valence-electron chi connectivity index (χ4n) is 1.96. The summed E-state index contributed by atoms with van der Waals surface area (Å²) in [6.07, 6.45) is 1.91. The van der Waals surface area contributed by atoms with Gasteiger partial charge in [0.15, 0.2) is 9.84 Å². The quantitative estimate of drug-likeness (QED) is 0.832. The number of hydrogen-bond acceptors (Lipinski definition) is 4. The van der Waals surface area contributed by atoms with Crippen LogP contribution in [0.25, 0.3) is 0 Å². The van der Waals surface area contributed by atoms with Crippen LogP contribution in [0.4, 0.5) is 10.1 Å². The maximum atomic E-state index is 12.5. The molecular formula is C11H13FN2O3S. The van der Waals surface area contributed by atoms with E-state index in [-0.39, 0.29) is 29.8 Å². The Balaban J connectivity index is 1.88. The van der Waals surface area contributed by atoms with Crippen LogP contribution in [0.3, 0.4) is 0 Å². The summed E-state index contributed by atoms with van der Waals surface area (Å²) in [5.41, 5.74) is 0.405. The second-order valence-corrected chi connectivity index (χ2v) is 6.62. The van der Waals surface area contributed by atoms with E-state index < -0.39 is 15.8 Å². The number of nitrogens with zero attached hydrogens (tertiary/aromatic N) is 1. The smallest absolute Gasteiger partial charge is 0.224 e. The number of carbonyl (C=O) groups excluding carboxylic acids is 1. The number of halogens is 1. The third kappa shape index (κ3) is 3.49. The Bertz CT molecular complexity index is 542. The van der Waals surface area contributed by atoms with Gasteiger partial charge in [-0.05, 0) is 24.5 Å². The lowest BCUT2D eigenvalue weighted by Gasteiger charge is -2.08. The zero-order valence-corrected chi connectivity index (χ0v) is 10.4. The molecule has 1 fully saturated rings. The van der Waals surface area contributed by atoms with Crippen molar-refractivity contribution >= 4 is 21.4 Å². The maximum Gasteiger partial charge on any atom is 0.224 e. The molecular weight excluding hydrogens is 259 g/mol. The molecule has 1 aromatic rings. The van der Waals surface area contributed by atoms with Crippen LogP contribution in [0.5, 0.6) is 0 Å². The third-order valence-corrected chi connectivity index (χ3v) is 4.65. The maximum absolute atomic E-state index is 12.5. The molecule has 1 amide bonds. The van der Waals surface area contributed by atoms with Crippen LogP contribution < -0.4 is 5.32 Å². The van der Waals surface area contributed by atoms with E-state index in [0.717, 1.165) is 6.07 Å². The van der Waals surface area contributed by atoms with Gasteiger partial charge < -0.3 is 5.32 Å². The fraction of sp³-hybridized carbons (Fsp3) is 0.455. The Hall–Kier alpha value is -1.50. The van der Waals surface area contributed by atoms with Gasteiger partial charge in [-0.2, -0.15) is 4.39 Å². The van der Waals surface area contributed by atoms with E-state index in [9.17, 15) is 17.6 Å². The standard InChI is InChI=1S/C11H13FN2O3S/c12-10-2-1-9(6-13-10)14-11(15)5-8-3-4-18(16,17)7-8/h1-2,6,8H,3-5,7H2,(H,14,15). The van der Waals surface area contributed by atoms with Gasteiger partial charge in [-0.3, -0.25) is 4.79 Å². The number of nitrogens with one attached hydrogen (secondary N) is 1. The molecule has 1 unspecified atom stereocenters. The summed E-state index contributed by atoms with van der Waals surface area (Å²) in [7, 11) is -2.96. The van der Waals surface area contributed by atoms with Gasteiger partial charge in [-0.15, -0.1) is 0 Å². The number of aromatic nitrogens is 1. The van der Waals surface area contributed by atoms with Crippen LogP contribution in [0.1, 0.15) is 12.8 Å². The van der Waals surface area contributed by atoms with Crippen molar-refractivity contribution < 1.29 is 17.6 Å². The van der Waals surface area contributed by atoms with Crippen LogP contribution in [0.15, 0.2) is 18.3 Å². The molecule has 2 heterocycles. The lowest BCUT2D eigenvalue weighted by atomic mass is 10.1. The van der Waals surface area contributed by atoms with Crippen molar-refractivity contribution in [3.63, 3.8) is 0 Å². The second kappa shape index (κ2) is 5.01. The summed E-state index contributed by atoms with van der Waals surface area (Å²) in [4.78, 5) is 15.0. The number of hydrogen-bond donors (Lipinski definition) is 1. The molecule has 5 nitrogen and oxygen atoms in total. The first-order valence-electron chi connectivity index (χ1n) is 5.56. The van der Waals surface area contributed by atoms with Gasteiger partial charge >= 0.3 is 0 Å². The van der Waals surface area contributed by atoms with Gasteiger partial charge in [-0.25, -0.2) is 13.4 Å². The molecule has 1 saturated heterocycles. The minimum absolute atomic E-state index is 0.0715. The molecule has 2 rings (SSSR count). The number of anilines is 1. The predicted molar refractivity (Wildman–Crippen MR) is 64.2 cm³/mol. The normalized spacial score (nSPS) is 21.7. The summed E-state index contributed by atoms with van der Waals surface area (Å²) < 4.78 is 35.0. The summed E-state index contributed by atoms with van der Waals surface area (Å²) in [5, 5.41) is 2.56. The minimum Gasteiger partial charge on any atom is -0.325 e. The van der Waals surface area contributed by atoms with Gasteiger partial charge in [0, 0.05) is 6.42 Å². The Labute approximate surface area is 104 Å². The number of rotatable bonds is 3. The van der Waals surface area contributed by atoms with E-state index in [1.54, 1.807) is 0 Å². The summed E-state index contributed by atoms with van der Waals surface area (Å²) in [5.74, 6) is -0.783. The average molecular weight is 272 g/mol. The molecule has 7 heteroatoms. The summed E-state index contributed by atoms with van der Waals surface area (Å²) in [6, 6.07) is 2.56. The Morgan fingerprint density at radius 3 is 2.83 bits per heavy atom. The average Bonchev–Trinajstić information content (AvgIpc) is 2.61. The van der Waals surface area contributed by atoms with Gasteiger partial charge in [0.1, 0.15) is 0 Å². The minimum atomic E-state index is -2.96. The highest BCUT2D eigenvalue weighted by Crippen LogP contribution is 2.22. The highest BCUT2D eigenvalue weighted by Gasteiger charge is 2.29. The molecule has 0 aromatic carbocycles. The van der Waals surface area contributed by atoms with Crippen molar-refractivity contribution in [2.24, 2.45) is 5.92 Å². The molecule has 1 aliphatic heterocycles. The van der Waals surface area contributed by atoms with Crippen molar-refractivity contribution in [1.82, 2.24) is 4.98 Å².